The van der Waals surface area contributed by atoms with E-state index in [-0.39, 0.29) is 5.92 Å². The SMILES string of the molecule is Cc1cc(C)nc(-n2cc(N)c(C3CCOC3)n2)n1. The molecule has 0 bridgehead atoms. The van der Waals surface area contributed by atoms with E-state index in [1.807, 2.05) is 19.9 Å². The summed E-state index contributed by atoms with van der Waals surface area (Å²) >= 11 is 0. The third-order valence-electron chi connectivity index (χ3n) is 3.26. The zero-order valence-corrected chi connectivity index (χ0v) is 11.1. The van der Waals surface area contributed by atoms with Gasteiger partial charge in [-0.25, -0.2) is 14.6 Å². The van der Waals surface area contributed by atoms with Crippen LogP contribution in [0.2, 0.25) is 0 Å². The average Bonchev–Trinajstić information content (AvgIpc) is 2.96. The number of hydrogen-bond acceptors (Lipinski definition) is 5. The fraction of sp³-hybridized carbons (Fsp3) is 0.462. The lowest BCUT2D eigenvalue weighted by molar-refractivity contribution is 0.193. The van der Waals surface area contributed by atoms with Gasteiger partial charge in [-0.15, -0.1) is 0 Å². The molecule has 1 aliphatic rings. The molecule has 1 aliphatic heterocycles. The Morgan fingerprint density at radius 1 is 1.32 bits per heavy atom. The highest BCUT2D eigenvalue weighted by Gasteiger charge is 2.23. The van der Waals surface area contributed by atoms with Crippen molar-refractivity contribution in [1.29, 1.82) is 0 Å². The summed E-state index contributed by atoms with van der Waals surface area (Å²) in [7, 11) is 0. The quantitative estimate of drug-likeness (QED) is 0.881. The molecule has 0 radical (unpaired) electrons. The van der Waals surface area contributed by atoms with Gasteiger partial charge in [-0.05, 0) is 26.3 Å². The first-order chi connectivity index (χ1) is 9.13. The molecule has 3 heterocycles. The Balaban J connectivity index is 1.99. The van der Waals surface area contributed by atoms with E-state index >= 15 is 0 Å². The van der Waals surface area contributed by atoms with Crippen LogP contribution in [0.5, 0.6) is 0 Å². The molecule has 2 aromatic rings. The van der Waals surface area contributed by atoms with Crippen LogP contribution >= 0.6 is 0 Å². The summed E-state index contributed by atoms with van der Waals surface area (Å²) in [5.74, 6) is 0.849. The highest BCUT2D eigenvalue weighted by molar-refractivity contribution is 5.44. The second-order valence-corrected chi connectivity index (χ2v) is 4.93. The molecule has 1 saturated heterocycles. The minimum Gasteiger partial charge on any atom is -0.396 e. The summed E-state index contributed by atoms with van der Waals surface area (Å²) in [5.41, 5.74) is 9.45. The van der Waals surface area contributed by atoms with Crippen molar-refractivity contribution in [2.24, 2.45) is 0 Å². The van der Waals surface area contributed by atoms with Gasteiger partial charge < -0.3 is 10.5 Å². The Kier molecular flexibility index (Phi) is 2.94. The van der Waals surface area contributed by atoms with Crippen LogP contribution in [0.1, 0.15) is 29.4 Å². The van der Waals surface area contributed by atoms with Crippen molar-refractivity contribution >= 4 is 5.69 Å². The van der Waals surface area contributed by atoms with Gasteiger partial charge in [0.2, 0.25) is 0 Å². The monoisotopic (exact) mass is 259 g/mol. The molecule has 3 rings (SSSR count). The average molecular weight is 259 g/mol. The summed E-state index contributed by atoms with van der Waals surface area (Å²) in [6.07, 6.45) is 2.75. The summed E-state index contributed by atoms with van der Waals surface area (Å²) in [5, 5.41) is 4.53. The van der Waals surface area contributed by atoms with Crippen LogP contribution in [0.3, 0.4) is 0 Å². The van der Waals surface area contributed by atoms with E-state index in [9.17, 15) is 0 Å². The number of aryl methyl sites for hydroxylation is 2. The van der Waals surface area contributed by atoms with Crippen LogP contribution < -0.4 is 5.73 Å². The van der Waals surface area contributed by atoms with Gasteiger partial charge in [0.05, 0.1) is 24.2 Å². The molecule has 1 fully saturated rings. The number of nitrogen functional groups attached to an aromatic ring is 1. The third kappa shape index (κ3) is 2.31. The van der Waals surface area contributed by atoms with E-state index in [0.717, 1.165) is 30.1 Å². The molecule has 2 aromatic heterocycles. The zero-order valence-electron chi connectivity index (χ0n) is 11.1. The Morgan fingerprint density at radius 2 is 2.05 bits per heavy atom. The predicted octanol–water partition coefficient (Wildman–Crippen LogP) is 1.37. The van der Waals surface area contributed by atoms with E-state index < -0.39 is 0 Å². The molecule has 2 N–H and O–H groups in total. The van der Waals surface area contributed by atoms with Crippen molar-refractivity contribution in [1.82, 2.24) is 19.7 Å². The molecule has 19 heavy (non-hydrogen) atoms. The van der Waals surface area contributed by atoms with Crippen molar-refractivity contribution in [3.63, 3.8) is 0 Å². The van der Waals surface area contributed by atoms with Crippen molar-refractivity contribution in [2.45, 2.75) is 26.2 Å². The lowest BCUT2D eigenvalue weighted by Gasteiger charge is -2.04. The van der Waals surface area contributed by atoms with Gasteiger partial charge in [0.15, 0.2) is 0 Å². The van der Waals surface area contributed by atoms with Gasteiger partial charge in [-0.3, -0.25) is 0 Å². The van der Waals surface area contributed by atoms with Crippen molar-refractivity contribution in [3.05, 3.63) is 29.3 Å². The van der Waals surface area contributed by atoms with Crippen LogP contribution in [0.15, 0.2) is 12.3 Å². The van der Waals surface area contributed by atoms with Gasteiger partial charge in [-0.2, -0.15) is 5.10 Å². The second kappa shape index (κ2) is 4.62. The highest BCUT2D eigenvalue weighted by Crippen LogP contribution is 2.28. The zero-order chi connectivity index (χ0) is 13.4. The maximum absolute atomic E-state index is 6.04. The van der Waals surface area contributed by atoms with Crippen molar-refractivity contribution in [3.8, 4) is 5.95 Å². The summed E-state index contributed by atoms with van der Waals surface area (Å²) in [6.45, 7) is 5.35. The van der Waals surface area contributed by atoms with Gasteiger partial charge in [0, 0.05) is 23.9 Å². The van der Waals surface area contributed by atoms with Crippen molar-refractivity contribution in [2.75, 3.05) is 18.9 Å². The Morgan fingerprint density at radius 3 is 2.68 bits per heavy atom. The van der Waals surface area contributed by atoms with Gasteiger partial charge in [0.1, 0.15) is 0 Å². The molecule has 0 amide bonds. The minimum absolute atomic E-state index is 0.284. The van der Waals surface area contributed by atoms with E-state index in [0.29, 0.717) is 18.2 Å². The molecule has 6 heteroatoms. The first kappa shape index (κ1) is 12.1. The number of nitrogens with zero attached hydrogens (tertiary/aromatic N) is 4. The molecule has 1 atom stereocenters. The van der Waals surface area contributed by atoms with Gasteiger partial charge >= 0.3 is 0 Å². The van der Waals surface area contributed by atoms with Crippen LogP contribution in [0, 0.1) is 13.8 Å². The minimum atomic E-state index is 0.284. The van der Waals surface area contributed by atoms with Gasteiger partial charge in [0.25, 0.3) is 5.95 Å². The molecule has 0 aliphatic carbocycles. The first-order valence-electron chi connectivity index (χ1n) is 6.39. The fourth-order valence-electron chi connectivity index (χ4n) is 2.38. The standard InChI is InChI=1S/C13H17N5O/c1-8-5-9(2)16-13(15-8)18-6-11(14)12(17-18)10-3-4-19-7-10/h5-6,10H,3-4,7,14H2,1-2H3. The van der Waals surface area contributed by atoms with Gasteiger partial charge in [-0.1, -0.05) is 0 Å². The summed E-state index contributed by atoms with van der Waals surface area (Å²) in [6, 6.07) is 1.93. The van der Waals surface area contributed by atoms with Crippen LogP contribution in [0.4, 0.5) is 5.69 Å². The molecular formula is C13H17N5O. The number of hydrogen-bond donors (Lipinski definition) is 1. The summed E-state index contributed by atoms with van der Waals surface area (Å²) in [4.78, 5) is 8.78. The predicted molar refractivity (Wildman–Crippen MR) is 71.2 cm³/mol. The first-order valence-corrected chi connectivity index (χ1v) is 6.39. The molecule has 0 spiro atoms. The normalized spacial score (nSPS) is 18.9. The third-order valence-corrected chi connectivity index (χ3v) is 3.26. The second-order valence-electron chi connectivity index (χ2n) is 4.93. The van der Waals surface area contributed by atoms with Crippen molar-refractivity contribution < 1.29 is 4.74 Å². The summed E-state index contributed by atoms with van der Waals surface area (Å²) < 4.78 is 7.04. The molecule has 0 saturated carbocycles. The number of nitrogens with two attached hydrogens (primary N) is 1. The lowest BCUT2D eigenvalue weighted by Crippen LogP contribution is -2.06. The van der Waals surface area contributed by atoms with E-state index in [2.05, 4.69) is 15.1 Å². The Bertz CT molecular complexity index is 581. The smallest absolute Gasteiger partial charge is 0.251 e. The molecule has 100 valence electrons. The molecule has 1 unspecified atom stereocenters. The van der Waals surface area contributed by atoms with Crippen LogP contribution in [-0.4, -0.2) is 33.0 Å². The Hall–Kier alpha value is -1.95. The van der Waals surface area contributed by atoms with E-state index in [1.165, 1.54) is 0 Å². The van der Waals surface area contributed by atoms with E-state index in [1.54, 1.807) is 10.9 Å². The lowest BCUT2D eigenvalue weighted by atomic mass is 10.0. The Labute approximate surface area is 111 Å². The number of rotatable bonds is 2. The largest absolute Gasteiger partial charge is 0.396 e. The maximum Gasteiger partial charge on any atom is 0.251 e. The highest BCUT2D eigenvalue weighted by atomic mass is 16.5. The number of anilines is 1. The number of ether oxygens (including phenoxy) is 1. The van der Waals surface area contributed by atoms with Crippen LogP contribution in [0.25, 0.3) is 5.95 Å². The molecule has 0 aromatic carbocycles. The maximum atomic E-state index is 6.04. The topological polar surface area (TPSA) is 78.9 Å². The number of aromatic nitrogens is 4. The molecular weight excluding hydrogens is 242 g/mol. The fourth-order valence-corrected chi connectivity index (χ4v) is 2.38. The van der Waals surface area contributed by atoms with Crippen LogP contribution in [-0.2, 0) is 4.74 Å². The van der Waals surface area contributed by atoms with E-state index in [4.69, 9.17) is 10.5 Å². The molecule has 6 nitrogen and oxygen atoms in total.